The number of hydrogen-bond acceptors (Lipinski definition) is 4. The standard InChI is InChI=1S/C17H18ClN5O/c18-12-5-7-13(8-6-12)21-17-14(16(20)24)10-23(22-17)15-4-2-1-3-11(15)9-19/h5-8,10-11,15H,1-4H2,(H2,20,24)(H,21,22)/t11-,15?/m1/s1. The molecule has 1 aliphatic carbocycles. The number of nitriles is 1. The molecule has 0 saturated heterocycles. The first-order valence-electron chi connectivity index (χ1n) is 7.89. The maximum absolute atomic E-state index is 11.8. The smallest absolute Gasteiger partial charge is 0.254 e. The van der Waals surface area contributed by atoms with E-state index in [0.29, 0.717) is 16.4 Å². The van der Waals surface area contributed by atoms with Crippen molar-refractivity contribution in [2.24, 2.45) is 11.7 Å². The summed E-state index contributed by atoms with van der Waals surface area (Å²) >= 11 is 5.88. The highest BCUT2D eigenvalue weighted by Crippen LogP contribution is 2.34. The number of carbonyl (C=O) groups excluding carboxylic acids is 1. The van der Waals surface area contributed by atoms with Crippen LogP contribution in [0, 0.1) is 17.2 Å². The van der Waals surface area contributed by atoms with Crippen molar-refractivity contribution < 1.29 is 4.79 Å². The van der Waals surface area contributed by atoms with Gasteiger partial charge < -0.3 is 11.1 Å². The molecule has 0 radical (unpaired) electrons. The van der Waals surface area contributed by atoms with E-state index in [4.69, 9.17) is 17.3 Å². The number of rotatable bonds is 4. The van der Waals surface area contributed by atoms with Crippen molar-refractivity contribution in [1.82, 2.24) is 9.78 Å². The molecule has 7 heteroatoms. The molecule has 1 aromatic carbocycles. The van der Waals surface area contributed by atoms with E-state index in [9.17, 15) is 10.1 Å². The molecule has 1 aliphatic rings. The minimum Gasteiger partial charge on any atom is -0.365 e. The van der Waals surface area contributed by atoms with Gasteiger partial charge in [0.05, 0.1) is 18.0 Å². The molecular weight excluding hydrogens is 326 g/mol. The lowest BCUT2D eigenvalue weighted by Gasteiger charge is -2.26. The number of aromatic nitrogens is 2. The van der Waals surface area contributed by atoms with E-state index in [0.717, 1.165) is 31.4 Å². The van der Waals surface area contributed by atoms with Crippen LogP contribution in [0.3, 0.4) is 0 Å². The van der Waals surface area contributed by atoms with Crippen LogP contribution in [0.15, 0.2) is 30.5 Å². The molecule has 2 atom stereocenters. The Labute approximate surface area is 145 Å². The van der Waals surface area contributed by atoms with Gasteiger partial charge in [0.25, 0.3) is 5.91 Å². The summed E-state index contributed by atoms with van der Waals surface area (Å²) in [4.78, 5) is 11.8. The number of nitrogens with zero attached hydrogens (tertiary/aromatic N) is 3. The summed E-state index contributed by atoms with van der Waals surface area (Å²) in [5, 5.41) is 17.6. The van der Waals surface area contributed by atoms with Crippen molar-refractivity contribution >= 4 is 29.0 Å². The lowest BCUT2D eigenvalue weighted by atomic mass is 9.85. The molecule has 124 valence electrons. The Bertz CT molecular complexity index is 777. The van der Waals surface area contributed by atoms with Gasteiger partial charge in [0, 0.05) is 16.9 Å². The predicted octanol–water partition coefficient (Wildman–Crippen LogP) is 3.63. The molecule has 1 heterocycles. The number of carbonyl (C=O) groups is 1. The van der Waals surface area contributed by atoms with Crippen LogP contribution in [0.4, 0.5) is 11.5 Å². The fourth-order valence-electron chi connectivity index (χ4n) is 3.08. The zero-order valence-corrected chi connectivity index (χ0v) is 13.8. The Morgan fingerprint density at radius 1 is 1.33 bits per heavy atom. The van der Waals surface area contributed by atoms with Crippen LogP contribution in [-0.4, -0.2) is 15.7 Å². The summed E-state index contributed by atoms with van der Waals surface area (Å²) in [6.45, 7) is 0. The van der Waals surface area contributed by atoms with E-state index in [1.54, 1.807) is 35.1 Å². The van der Waals surface area contributed by atoms with Crippen molar-refractivity contribution in [1.29, 1.82) is 5.26 Å². The molecular formula is C17H18ClN5O. The second-order valence-electron chi connectivity index (χ2n) is 5.95. The molecule has 1 amide bonds. The van der Waals surface area contributed by atoms with Gasteiger partial charge in [0.2, 0.25) is 0 Å². The molecule has 1 saturated carbocycles. The molecule has 0 spiro atoms. The molecule has 3 N–H and O–H groups in total. The highest BCUT2D eigenvalue weighted by atomic mass is 35.5. The predicted molar refractivity (Wildman–Crippen MR) is 92.1 cm³/mol. The number of nitrogens with two attached hydrogens (primary N) is 1. The number of nitrogens with one attached hydrogen (secondary N) is 1. The van der Waals surface area contributed by atoms with Crippen LogP contribution in [-0.2, 0) is 0 Å². The molecule has 1 unspecified atom stereocenters. The highest BCUT2D eigenvalue weighted by Gasteiger charge is 2.28. The van der Waals surface area contributed by atoms with E-state index in [1.807, 2.05) is 0 Å². The summed E-state index contributed by atoms with van der Waals surface area (Å²) in [6, 6.07) is 9.42. The van der Waals surface area contributed by atoms with Gasteiger partial charge >= 0.3 is 0 Å². The minimum atomic E-state index is -0.554. The third-order valence-electron chi connectivity index (χ3n) is 4.34. The third-order valence-corrected chi connectivity index (χ3v) is 4.59. The quantitative estimate of drug-likeness (QED) is 0.885. The Kier molecular flexibility index (Phi) is 4.72. The fraction of sp³-hybridized carbons (Fsp3) is 0.353. The lowest BCUT2D eigenvalue weighted by Crippen LogP contribution is -2.22. The van der Waals surface area contributed by atoms with Gasteiger partial charge in [-0.25, -0.2) is 0 Å². The summed E-state index contributed by atoms with van der Waals surface area (Å²) in [6.07, 6.45) is 5.47. The Balaban J connectivity index is 1.91. The lowest BCUT2D eigenvalue weighted by molar-refractivity contribution is 0.100. The van der Waals surface area contributed by atoms with E-state index in [-0.39, 0.29) is 12.0 Å². The Hall–Kier alpha value is -2.52. The van der Waals surface area contributed by atoms with Gasteiger partial charge in [0.1, 0.15) is 5.56 Å². The summed E-state index contributed by atoms with van der Waals surface area (Å²) in [5.41, 5.74) is 6.55. The van der Waals surface area contributed by atoms with Gasteiger partial charge in [-0.15, -0.1) is 0 Å². The average Bonchev–Trinajstić information content (AvgIpc) is 3.01. The van der Waals surface area contributed by atoms with E-state index in [2.05, 4.69) is 16.5 Å². The largest absolute Gasteiger partial charge is 0.365 e. The van der Waals surface area contributed by atoms with Gasteiger partial charge in [-0.2, -0.15) is 10.4 Å². The van der Waals surface area contributed by atoms with Crippen LogP contribution in [0.5, 0.6) is 0 Å². The average molecular weight is 344 g/mol. The van der Waals surface area contributed by atoms with Crippen molar-refractivity contribution in [3.63, 3.8) is 0 Å². The zero-order chi connectivity index (χ0) is 17.1. The highest BCUT2D eigenvalue weighted by molar-refractivity contribution is 6.30. The van der Waals surface area contributed by atoms with Crippen LogP contribution < -0.4 is 11.1 Å². The molecule has 3 rings (SSSR count). The summed E-state index contributed by atoms with van der Waals surface area (Å²) in [7, 11) is 0. The Morgan fingerprint density at radius 2 is 2.04 bits per heavy atom. The monoisotopic (exact) mass is 343 g/mol. The molecule has 1 fully saturated rings. The van der Waals surface area contributed by atoms with Crippen molar-refractivity contribution in [3.8, 4) is 6.07 Å². The molecule has 0 bridgehead atoms. The van der Waals surface area contributed by atoms with Crippen molar-refractivity contribution in [2.75, 3.05) is 5.32 Å². The topological polar surface area (TPSA) is 96.7 Å². The van der Waals surface area contributed by atoms with Crippen molar-refractivity contribution in [3.05, 3.63) is 41.0 Å². The maximum atomic E-state index is 11.8. The Morgan fingerprint density at radius 3 is 2.71 bits per heavy atom. The van der Waals surface area contributed by atoms with E-state index in [1.165, 1.54) is 0 Å². The number of hydrogen-bond donors (Lipinski definition) is 2. The van der Waals surface area contributed by atoms with Crippen LogP contribution in [0.25, 0.3) is 0 Å². The number of primary amides is 1. The first-order chi connectivity index (χ1) is 11.6. The first kappa shape index (κ1) is 16.3. The van der Waals surface area contributed by atoms with E-state index >= 15 is 0 Å². The van der Waals surface area contributed by atoms with Gasteiger partial charge in [-0.3, -0.25) is 9.48 Å². The number of amides is 1. The van der Waals surface area contributed by atoms with Crippen LogP contribution >= 0.6 is 11.6 Å². The van der Waals surface area contributed by atoms with Crippen LogP contribution in [0.2, 0.25) is 5.02 Å². The first-order valence-corrected chi connectivity index (χ1v) is 8.27. The van der Waals surface area contributed by atoms with Gasteiger partial charge in [-0.05, 0) is 37.1 Å². The molecule has 0 aliphatic heterocycles. The number of benzene rings is 1. The second-order valence-corrected chi connectivity index (χ2v) is 6.39. The second kappa shape index (κ2) is 6.93. The molecule has 6 nitrogen and oxygen atoms in total. The number of halogens is 1. The summed E-state index contributed by atoms with van der Waals surface area (Å²) < 4.78 is 1.71. The van der Waals surface area contributed by atoms with E-state index < -0.39 is 5.91 Å². The van der Waals surface area contributed by atoms with Crippen LogP contribution in [0.1, 0.15) is 42.1 Å². The minimum absolute atomic E-state index is 0.0254. The van der Waals surface area contributed by atoms with Crippen molar-refractivity contribution in [2.45, 2.75) is 31.7 Å². The number of anilines is 2. The summed E-state index contributed by atoms with van der Waals surface area (Å²) in [5.74, 6) is -0.253. The molecule has 1 aromatic heterocycles. The SMILES string of the molecule is N#C[C@H]1CCCCC1n1cc(C(N)=O)c(Nc2ccc(Cl)cc2)n1. The van der Waals surface area contributed by atoms with Gasteiger partial charge in [-0.1, -0.05) is 24.4 Å². The zero-order valence-electron chi connectivity index (χ0n) is 13.1. The normalized spacial score (nSPS) is 20.3. The maximum Gasteiger partial charge on any atom is 0.254 e. The molecule has 24 heavy (non-hydrogen) atoms. The third kappa shape index (κ3) is 3.36. The van der Waals surface area contributed by atoms with Gasteiger partial charge in [0.15, 0.2) is 5.82 Å². The molecule has 2 aromatic rings. The fourth-order valence-corrected chi connectivity index (χ4v) is 3.21.